The Morgan fingerprint density at radius 3 is 2.84 bits per heavy atom. The van der Waals surface area contributed by atoms with Crippen LogP contribution in [0.4, 0.5) is 8.78 Å². The van der Waals surface area contributed by atoms with Crippen LogP contribution in [0.25, 0.3) is 0 Å². The quantitative estimate of drug-likeness (QED) is 0.828. The lowest BCUT2D eigenvalue weighted by molar-refractivity contribution is -0.131. The molecule has 0 saturated carbocycles. The van der Waals surface area contributed by atoms with E-state index in [0.717, 1.165) is 0 Å². The van der Waals surface area contributed by atoms with Crippen molar-refractivity contribution in [2.75, 3.05) is 33.6 Å². The summed E-state index contributed by atoms with van der Waals surface area (Å²) >= 11 is 0. The molecule has 2 aliphatic heterocycles. The first-order valence-corrected chi connectivity index (χ1v) is 7.95. The average molecular weight is 358 g/mol. The van der Waals surface area contributed by atoms with Crippen molar-refractivity contribution >= 4 is 5.91 Å². The first-order chi connectivity index (χ1) is 12.0. The van der Waals surface area contributed by atoms with Gasteiger partial charge < -0.3 is 29.2 Å². The van der Waals surface area contributed by atoms with E-state index in [4.69, 9.17) is 14.2 Å². The van der Waals surface area contributed by atoms with E-state index < -0.39 is 6.61 Å². The van der Waals surface area contributed by atoms with Crippen LogP contribution in [-0.2, 0) is 16.1 Å². The maximum Gasteiger partial charge on any atom is 0.387 e. The summed E-state index contributed by atoms with van der Waals surface area (Å²) in [5, 5.41) is 3.21. The fraction of sp³-hybridized carbons (Fsp3) is 0.562. The number of amides is 1. The van der Waals surface area contributed by atoms with E-state index in [1.165, 1.54) is 11.0 Å². The minimum atomic E-state index is -2.97. The van der Waals surface area contributed by atoms with Crippen LogP contribution in [0.5, 0.6) is 17.2 Å². The van der Waals surface area contributed by atoms with Crippen molar-refractivity contribution in [3.8, 4) is 17.2 Å². The van der Waals surface area contributed by atoms with Gasteiger partial charge in [0.2, 0.25) is 12.7 Å². The van der Waals surface area contributed by atoms with Gasteiger partial charge in [0, 0.05) is 44.2 Å². The van der Waals surface area contributed by atoms with Gasteiger partial charge >= 0.3 is 6.61 Å². The van der Waals surface area contributed by atoms with Crippen molar-refractivity contribution in [3.63, 3.8) is 0 Å². The number of hydrogen-bond donors (Lipinski definition) is 1. The molecule has 2 aliphatic rings. The second kappa shape index (κ2) is 7.83. The van der Waals surface area contributed by atoms with E-state index in [9.17, 15) is 13.6 Å². The van der Waals surface area contributed by atoms with Gasteiger partial charge in [0.05, 0.1) is 13.2 Å². The predicted molar refractivity (Wildman–Crippen MR) is 82.9 cm³/mol. The molecular weight excluding hydrogens is 338 g/mol. The molecule has 2 heterocycles. The molecule has 1 atom stereocenters. The smallest absolute Gasteiger partial charge is 0.387 e. The van der Waals surface area contributed by atoms with Crippen LogP contribution in [0.1, 0.15) is 12.0 Å². The van der Waals surface area contributed by atoms with Crippen molar-refractivity contribution < 1.29 is 32.5 Å². The summed E-state index contributed by atoms with van der Waals surface area (Å²) in [5.41, 5.74) is 0.424. The maximum absolute atomic E-state index is 12.7. The summed E-state index contributed by atoms with van der Waals surface area (Å²) in [6.07, 6.45) is 0.270. The Morgan fingerprint density at radius 1 is 1.40 bits per heavy atom. The van der Waals surface area contributed by atoms with E-state index >= 15 is 0 Å². The minimum Gasteiger partial charge on any atom is -0.454 e. The van der Waals surface area contributed by atoms with Crippen LogP contribution >= 0.6 is 0 Å². The average Bonchev–Trinajstić information content (AvgIpc) is 3.02. The number of ether oxygens (including phenoxy) is 4. The summed E-state index contributed by atoms with van der Waals surface area (Å²) in [7, 11) is 1.61. The fourth-order valence-corrected chi connectivity index (χ4v) is 2.76. The molecule has 1 fully saturated rings. The standard InChI is InChI=1S/C16H20F2N2O5/c1-20(15(21)5-11-8-22-3-2-19-11)7-10-4-13-14(24-9-23-13)6-12(10)25-16(17)18/h4,6,11,16,19H,2-3,5,7-9H2,1H3. The van der Waals surface area contributed by atoms with Crippen LogP contribution in [0.15, 0.2) is 12.1 Å². The van der Waals surface area contributed by atoms with Gasteiger partial charge in [-0.25, -0.2) is 0 Å². The van der Waals surface area contributed by atoms with Gasteiger partial charge in [-0.2, -0.15) is 8.78 Å². The van der Waals surface area contributed by atoms with Gasteiger partial charge in [-0.15, -0.1) is 0 Å². The molecule has 0 radical (unpaired) electrons. The Kier molecular flexibility index (Phi) is 5.54. The largest absolute Gasteiger partial charge is 0.454 e. The van der Waals surface area contributed by atoms with Gasteiger partial charge in [-0.05, 0) is 6.07 Å². The highest BCUT2D eigenvalue weighted by molar-refractivity contribution is 5.76. The molecular formula is C16H20F2N2O5. The maximum atomic E-state index is 12.7. The molecule has 0 aliphatic carbocycles. The Bertz CT molecular complexity index is 623. The van der Waals surface area contributed by atoms with Crippen molar-refractivity contribution in [1.82, 2.24) is 10.2 Å². The zero-order valence-corrected chi connectivity index (χ0v) is 13.8. The lowest BCUT2D eigenvalue weighted by Crippen LogP contribution is -2.44. The van der Waals surface area contributed by atoms with Gasteiger partial charge in [0.1, 0.15) is 5.75 Å². The summed E-state index contributed by atoms with van der Waals surface area (Å²) in [6, 6.07) is 2.88. The van der Waals surface area contributed by atoms with Crippen molar-refractivity contribution in [3.05, 3.63) is 17.7 Å². The highest BCUT2D eigenvalue weighted by Crippen LogP contribution is 2.39. The minimum absolute atomic E-state index is 0.0228. The van der Waals surface area contributed by atoms with Crippen LogP contribution < -0.4 is 19.5 Å². The second-order valence-electron chi connectivity index (χ2n) is 5.87. The molecule has 3 rings (SSSR count). The van der Waals surface area contributed by atoms with Gasteiger partial charge in [-0.3, -0.25) is 4.79 Å². The number of carbonyl (C=O) groups is 1. The van der Waals surface area contributed by atoms with E-state index in [2.05, 4.69) is 10.1 Å². The summed E-state index contributed by atoms with van der Waals surface area (Å²) in [5.74, 6) is 0.637. The van der Waals surface area contributed by atoms with Crippen LogP contribution in [0.3, 0.4) is 0 Å². The van der Waals surface area contributed by atoms with E-state index in [1.807, 2.05) is 0 Å². The summed E-state index contributed by atoms with van der Waals surface area (Å²) < 4.78 is 45.7. The van der Waals surface area contributed by atoms with Gasteiger partial charge in [0.15, 0.2) is 11.5 Å². The zero-order valence-electron chi connectivity index (χ0n) is 13.8. The van der Waals surface area contributed by atoms with Crippen LogP contribution in [0, 0.1) is 0 Å². The lowest BCUT2D eigenvalue weighted by atomic mass is 10.1. The normalized spacial score (nSPS) is 19.1. The molecule has 0 spiro atoms. The Labute approximate surface area is 143 Å². The Morgan fingerprint density at radius 2 is 2.16 bits per heavy atom. The third kappa shape index (κ3) is 4.49. The van der Waals surface area contributed by atoms with Crippen molar-refractivity contribution in [2.45, 2.75) is 25.6 Å². The van der Waals surface area contributed by atoms with Gasteiger partial charge in [0.25, 0.3) is 0 Å². The molecule has 0 aromatic heterocycles. The molecule has 9 heteroatoms. The first kappa shape index (κ1) is 17.7. The third-order valence-corrected chi connectivity index (χ3v) is 4.02. The van der Waals surface area contributed by atoms with E-state index in [1.54, 1.807) is 13.1 Å². The van der Waals surface area contributed by atoms with Crippen molar-refractivity contribution in [2.24, 2.45) is 0 Å². The summed E-state index contributed by atoms with van der Waals surface area (Å²) in [4.78, 5) is 13.8. The fourth-order valence-electron chi connectivity index (χ4n) is 2.76. The number of rotatable bonds is 6. The molecule has 1 unspecified atom stereocenters. The van der Waals surface area contributed by atoms with E-state index in [-0.39, 0.29) is 37.5 Å². The predicted octanol–water partition coefficient (Wildman–Crippen LogP) is 1.35. The highest BCUT2D eigenvalue weighted by Gasteiger charge is 2.23. The van der Waals surface area contributed by atoms with E-state index in [0.29, 0.717) is 36.8 Å². The number of benzene rings is 1. The molecule has 1 amide bonds. The molecule has 1 saturated heterocycles. The monoisotopic (exact) mass is 358 g/mol. The zero-order chi connectivity index (χ0) is 17.8. The highest BCUT2D eigenvalue weighted by atomic mass is 19.3. The molecule has 0 bridgehead atoms. The lowest BCUT2D eigenvalue weighted by Gasteiger charge is -2.26. The van der Waals surface area contributed by atoms with Gasteiger partial charge in [-0.1, -0.05) is 0 Å². The molecule has 7 nitrogen and oxygen atoms in total. The number of morpholine rings is 1. The molecule has 1 aromatic rings. The second-order valence-corrected chi connectivity index (χ2v) is 5.87. The number of nitrogens with one attached hydrogen (secondary N) is 1. The Balaban J connectivity index is 1.68. The number of fused-ring (bicyclic) bond motifs is 1. The Hall–Kier alpha value is -2.13. The molecule has 1 N–H and O–H groups in total. The van der Waals surface area contributed by atoms with Crippen molar-refractivity contribution in [1.29, 1.82) is 0 Å². The number of alkyl halides is 2. The number of carbonyl (C=O) groups excluding carboxylic acids is 1. The molecule has 25 heavy (non-hydrogen) atoms. The first-order valence-electron chi connectivity index (χ1n) is 7.95. The molecule has 1 aromatic carbocycles. The van der Waals surface area contributed by atoms with Crippen LogP contribution in [0.2, 0.25) is 0 Å². The number of nitrogens with zero attached hydrogens (tertiary/aromatic N) is 1. The number of hydrogen-bond acceptors (Lipinski definition) is 6. The summed E-state index contributed by atoms with van der Waals surface area (Å²) in [6.45, 7) is -1.02. The molecule has 138 valence electrons. The van der Waals surface area contributed by atoms with Crippen LogP contribution in [-0.4, -0.2) is 57.1 Å². The SMILES string of the molecule is CN(Cc1cc2c(cc1OC(F)F)OCO2)C(=O)CC1COCCN1. The number of halogens is 2. The third-order valence-electron chi connectivity index (χ3n) is 4.02. The topological polar surface area (TPSA) is 69.3 Å².